The van der Waals surface area contributed by atoms with Gasteiger partial charge in [-0.3, -0.25) is 9.89 Å². The molecule has 7 heteroatoms. The summed E-state index contributed by atoms with van der Waals surface area (Å²) in [6.45, 7) is 3.26. The van der Waals surface area contributed by atoms with Crippen molar-refractivity contribution in [2.45, 2.75) is 31.8 Å². The van der Waals surface area contributed by atoms with Gasteiger partial charge in [-0.1, -0.05) is 0 Å². The van der Waals surface area contributed by atoms with Crippen LogP contribution in [0.1, 0.15) is 24.5 Å². The minimum Gasteiger partial charge on any atom is -0.381 e. The molecule has 1 aliphatic heterocycles. The van der Waals surface area contributed by atoms with Gasteiger partial charge in [0.15, 0.2) is 5.82 Å². The van der Waals surface area contributed by atoms with E-state index in [1.165, 1.54) is 0 Å². The maximum atomic E-state index is 12.3. The lowest BCUT2D eigenvalue weighted by Crippen LogP contribution is -2.57. The Hall–Kier alpha value is -1.47. The largest absolute Gasteiger partial charge is 0.381 e. The van der Waals surface area contributed by atoms with Crippen LogP contribution in [0.5, 0.6) is 0 Å². The molecule has 0 radical (unpaired) electrons. The third-order valence-corrected chi connectivity index (χ3v) is 3.18. The number of ether oxygens (including phenoxy) is 1. The van der Waals surface area contributed by atoms with Crippen molar-refractivity contribution in [3.8, 4) is 0 Å². The summed E-state index contributed by atoms with van der Waals surface area (Å²) in [5.74, 6) is 1.26. The monoisotopic (exact) mass is 253 g/mol. The number of aromatic nitrogens is 3. The predicted octanol–water partition coefficient (Wildman–Crippen LogP) is -0.421. The highest BCUT2D eigenvalue weighted by Crippen LogP contribution is 2.20. The van der Waals surface area contributed by atoms with Gasteiger partial charge in [-0.05, 0) is 19.8 Å². The fourth-order valence-electron chi connectivity index (χ4n) is 2.07. The summed E-state index contributed by atoms with van der Waals surface area (Å²) in [6, 6.07) is 0. The van der Waals surface area contributed by atoms with E-state index in [0.29, 0.717) is 38.4 Å². The van der Waals surface area contributed by atoms with Crippen LogP contribution in [-0.4, -0.2) is 51.8 Å². The van der Waals surface area contributed by atoms with Gasteiger partial charge in [-0.25, -0.2) is 4.98 Å². The molecule has 1 aliphatic rings. The van der Waals surface area contributed by atoms with Crippen molar-refractivity contribution < 1.29 is 9.53 Å². The number of amides is 1. The molecule has 1 saturated heterocycles. The summed E-state index contributed by atoms with van der Waals surface area (Å²) in [4.78, 5) is 18.1. The Bertz CT molecular complexity index is 425. The number of carbonyl (C=O) groups is 1. The molecule has 0 aromatic carbocycles. The van der Waals surface area contributed by atoms with Gasteiger partial charge >= 0.3 is 0 Å². The quantitative estimate of drug-likeness (QED) is 0.762. The molecule has 2 heterocycles. The molecule has 1 amide bonds. The average Bonchev–Trinajstić information content (AvgIpc) is 2.74. The van der Waals surface area contributed by atoms with E-state index >= 15 is 0 Å². The van der Waals surface area contributed by atoms with Gasteiger partial charge in [0.2, 0.25) is 5.91 Å². The number of likely N-dealkylation sites (N-methyl/N-ethyl adjacent to an activating group) is 1. The number of nitrogens with two attached hydrogens (primary N) is 1. The molecular weight excluding hydrogens is 234 g/mol. The van der Waals surface area contributed by atoms with Gasteiger partial charge in [-0.15, -0.1) is 0 Å². The Morgan fingerprint density at radius 2 is 2.22 bits per heavy atom. The first-order chi connectivity index (χ1) is 8.51. The molecule has 3 N–H and O–H groups in total. The van der Waals surface area contributed by atoms with Crippen molar-refractivity contribution in [3.63, 3.8) is 0 Å². The van der Waals surface area contributed by atoms with Crippen LogP contribution in [0.4, 0.5) is 0 Å². The molecule has 7 nitrogen and oxygen atoms in total. The molecule has 100 valence electrons. The van der Waals surface area contributed by atoms with E-state index in [9.17, 15) is 4.79 Å². The first kappa shape index (κ1) is 13.0. The molecule has 1 fully saturated rings. The van der Waals surface area contributed by atoms with Crippen LogP contribution < -0.4 is 5.73 Å². The zero-order valence-corrected chi connectivity index (χ0v) is 10.8. The number of H-pyrrole nitrogens is 1. The molecule has 18 heavy (non-hydrogen) atoms. The number of hydrogen-bond donors (Lipinski definition) is 2. The highest BCUT2D eigenvalue weighted by atomic mass is 16.5. The van der Waals surface area contributed by atoms with E-state index in [1.54, 1.807) is 11.9 Å². The Labute approximate surface area is 106 Å². The molecule has 0 spiro atoms. The molecule has 0 bridgehead atoms. The number of carbonyl (C=O) groups excluding carboxylic acids is 1. The molecule has 1 aromatic heterocycles. The summed E-state index contributed by atoms with van der Waals surface area (Å²) in [5.41, 5.74) is 5.34. The SMILES string of the molecule is Cc1nc(CN(C)C(=O)C2(N)CCOCC2)n[nH]1. The maximum Gasteiger partial charge on any atom is 0.242 e. The van der Waals surface area contributed by atoms with Crippen LogP contribution >= 0.6 is 0 Å². The number of aryl methyl sites for hydroxylation is 1. The van der Waals surface area contributed by atoms with Gasteiger partial charge < -0.3 is 15.4 Å². The molecule has 2 rings (SSSR count). The number of rotatable bonds is 3. The highest BCUT2D eigenvalue weighted by molar-refractivity contribution is 5.86. The van der Waals surface area contributed by atoms with E-state index in [0.717, 1.165) is 5.82 Å². The summed E-state index contributed by atoms with van der Waals surface area (Å²) >= 11 is 0. The molecular formula is C11H19N5O2. The van der Waals surface area contributed by atoms with Crippen LogP contribution in [0, 0.1) is 6.92 Å². The minimum absolute atomic E-state index is 0.0757. The number of aromatic amines is 1. The molecule has 0 atom stereocenters. The zero-order valence-electron chi connectivity index (χ0n) is 10.8. The van der Waals surface area contributed by atoms with Crippen LogP contribution in [-0.2, 0) is 16.1 Å². The van der Waals surface area contributed by atoms with E-state index < -0.39 is 5.54 Å². The van der Waals surface area contributed by atoms with Crippen LogP contribution in [0.25, 0.3) is 0 Å². The Balaban J connectivity index is 1.99. The lowest BCUT2D eigenvalue weighted by atomic mass is 9.90. The van der Waals surface area contributed by atoms with Crippen LogP contribution in [0.15, 0.2) is 0 Å². The summed E-state index contributed by atoms with van der Waals surface area (Å²) in [7, 11) is 1.72. The smallest absolute Gasteiger partial charge is 0.242 e. The molecule has 0 unspecified atom stereocenters. The van der Waals surface area contributed by atoms with Crippen molar-refractivity contribution in [2.75, 3.05) is 20.3 Å². The molecule has 0 saturated carbocycles. The highest BCUT2D eigenvalue weighted by Gasteiger charge is 2.38. The Kier molecular flexibility index (Phi) is 3.63. The van der Waals surface area contributed by atoms with Crippen LogP contribution in [0.3, 0.4) is 0 Å². The first-order valence-electron chi connectivity index (χ1n) is 6.01. The first-order valence-corrected chi connectivity index (χ1v) is 6.01. The summed E-state index contributed by atoms with van der Waals surface area (Å²) < 4.78 is 5.24. The number of nitrogens with zero attached hydrogens (tertiary/aromatic N) is 3. The fourth-order valence-corrected chi connectivity index (χ4v) is 2.07. The normalized spacial score (nSPS) is 18.6. The number of nitrogens with one attached hydrogen (secondary N) is 1. The van der Waals surface area contributed by atoms with Gasteiger partial charge in [0, 0.05) is 20.3 Å². The topological polar surface area (TPSA) is 97.1 Å². The minimum atomic E-state index is -0.807. The van der Waals surface area contributed by atoms with E-state index in [2.05, 4.69) is 15.2 Å². The fraction of sp³-hybridized carbons (Fsp3) is 0.727. The van der Waals surface area contributed by atoms with Crippen molar-refractivity contribution >= 4 is 5.91 Å². The van der Waals surface area contributed by atoms with Gasteiger partial charge in [0.1, 0.15) is 5.82 Å². The van der Waals surface area contributed by atoms with E-state index in [-0.39, 0.29) is 5.91 Å². The van der Waals surface area contributed by atoms with Gasteiger partial charge in [0.05, 0.1) is 12.1 Å². The lowest BCUT2D eigenvalue weighted by molar-refractivity contribution is -0.139. The zero-order chi connectivity index (χ0) is 13.2. The van der Waals surface area contributed by atoms with Crippen molar-refractivity contribution in [2.24, 2.45) is 5.73 Å². The lowest BCUT2D eigenvalue weighted by Gasteiger charge is -2.34. The standard InChI is InChI=1S/C11H19N5O2/c1-8-13-9(15-14-8)7-16(2)10(17)11(12)3-5-18-6-4-11/h3-7,12H2,1-2H3,(H,13,14,15). The third kappa shape index (κ3) is 2.68. The second kappa shape index (κ2) is 5.03. The second-order valence-corrected chi connectivity index (χ2v) is 4.77. The van der Waals surface area contributed by atoms with Crippen molar-refractivity contribution in [1.29, 1.82) is 0 Å². The van der Waals surface area contributed by atoms with Gasteiger partial charge in [-0.2, -0.15) is 5.10 Å². The molecule has 1 aromatic rings. The second-order valence-electron chi connectivity index (χ2n) is 4.77. The van der Waals surface area contributed by atoms with E-state index in [1.807, 2.05) is 6.92 Å². The predicted molar refractivity (Wildman–Crippen MR) is 64.6 cm³/mol. The van der Waals surface area contributed by atoms with Crippen LogP contribution in [0.2, 0.25) is 0 Å². The Morgan fingerprint density at radius 1 is 1.56 bits per heavy atom. The van der Waals surface area contributed by atoms with E-state index in [4.69, 9.17) is 10.5 Å². The van der Waals surface area contributed by atoms with Crippen molar-refractivity contribution in [3.05, 3.63) is 11.6 Å². The molecule has 0 aliphatic carbocycles. The maximum absolute atomic E-state index is 12.3. The summed E-state index contributed by atoms with van der Waals surface area (Å²) in [6.07, 6.45) is 1.12. The average molecular weight is 253 g/mol. The number of hydrogen-bond acceptors (Lipinski definition) is 5. The van der Waals surface area contributed by atoms with Crippen molar-refractivity contribution in [1.82, 2.24) is 20.1 Å². The summed E-state index contributed by atoms with van der Waals surface area (Å²) in [5, 5.41) is 6.76. The third-order valence-electron chi connectivity index (χ3n) is 3.18. The Morgan fingerprint density at radius 3 is 2.78 bits per heavy atom. The van der Waals surface area contributed by atoms with Gasteiger partial charge in [0.25, 0.3) is 0 Å².